The molecular weight excluding hydrogens is 1230 g/mol. The van der Waals surface area contributed by atoms with Gasteiger partial charge in [-0.3, -0.25) is 0 Å². The monoisotopic (exact) mass is 1300 g/mol. The summed E-state index contributed by atoms with van der Waals surface area (Å²) in [5, 5.41) is 37.3. The number of nitriles is 2. The number of carbonyl (C=O) groups is 2. The largest absolute Gasteiger partial charge is 0.488 e. The van der Waals surface area contributed by atoms with E-state index in [0.717, 1.165) is 110 Å². The lowest BCUT2D eigenvalue weighted by atomic mass is 10.0. The van der Waals surface area contributed by atoms with Crippen molar-refractivity contribution in [1.29, 1.82) is 10.5 Å². The standard InChI is InChI=1S/C76H77N3O5S6/c1-10-18-50-40-62(26-16-24-56(46-77)74(80)81)85-70(50)64-44-54(22-14-5)72(89-64)66-42-52(20-12-3)68(87-66)48-28-32-58(33-29-48)79(60-36-38-61(39-37-60)84-76(7,8)9)59-34-30-49(31-35-59)69-53(21-13-4)43-67(88-69)73-55(23-15-6)45-65(90-73)71-51(19-11-2)41-63(86-71)27-17-25-57(47-78)75(82)83/h16-17,24-45H,10-15,18-23H2,1-9H3,(H,80,81)(H,82,83). The van der Waals surface area contributed by atoms with Crippen LogP contribution in [0.2, 0.25) is 0 Å². The number of aryl methyl sites for hydroxylation is 6. The van der Waals surface area contributed by atoms with Gasteiger partial charge in [0.05, 0.1) is 0 Å². The van der Waals surface area contributed by atoms with Gasteiger partial charge in [0, 0.05) is 75.6 Å². The summed E-state index contributed by atoms with van der Waals surface area (Å²) in [5.74, 6) is -1.64. The van der Waals surface area contributed by atoms with Gasteiger partial charge >= 0.3 is 11.9 Å². The zero-order valence-corrected chi connectivity index (χ0v) is 57.7. The molecule has 9 rings (SSSR count). The Bertz CT molecular complexity index is 3950. The number of rotatable bonds is 28. The van der Waals surface area contributed by atoms with E-state index in [1.54, 1.807) is 47.0 Å². The quantitative estimate of drug-likeness (QED) is 0.0281. The van der Waals surface area contributed by atoms with E-state index in [4.69, 9.17) is 4.74 Å². The third kappa shape index (κ3) is 16.1. The number of ether oxygens (including phenoxy) is 1. The number of nitrogens with zero attached hydrogens (tertiary/aromatic N) is 3. The average Bonchev–Trinajstić information content (AvgIpc) is 1.58. The second-order valence-electron chi connectivity index (χ2n) is 23.2. The fourth-order valence-corrected chi connectivity index (χ4v) is 18.7. The van der Waals surface area contributed by atoms with E-state index in [1.165, 1.54) is 105 Å². The highest BCUT2D eigenvalue weighted by atomic mass is 32.1. The van der Waals surface area contributed by atoms with Gasteiger partial charge in [-0.05, 0) is 213 Å². The Morgan fingerprint density at radius 1 is 0.444 bits per heavy atom. The van der Waals surface area contributed by atoms with Gasteiger partial charge in [0.25, 0.3) is 0 Å². The van der Waals surface area contributed by atoms with E-state index in [2.05, 4.69) is 176 Å². The lowest BCUT2D eigenvalue weighted by molar-refractivity contribution is -0.133. The van der Waals surface area contributed by atoms with Gasteiger partial charge < -0.3 is 19.8 Å². The summed E-state index contributed by atoms with van der Waals surface area (Å²) in [4.78, 5) is 40.2. The highest BCUT2D eigenvalue weighted by Gasteiger charge is 2.24. The second kappa shape index (κ2) is 30.9. The molecule has 6 aromatic heterocycles. The summed E-state index contributed by atoms with van der Waals surface area (Å²) in [6.45, 7) is 19.6. The number of carboxylic acids is 2. The number of hydrogen-bond acceptors (Lipinski definition) is 12. The van der Waals surface area contributed by atoms with Crippen molar-refractivity contribution in [3.8, 4) is 77.8 Å². The molecule has 14 heteroatoms. The number of thiophene rings is 6. The van der Waals surface area contributed by atoms with Gasteiger partial charge in [0.2, 0.25) is 0 Å². The van der Waals surface area contributed by atoms with Gasteiger partial charge in [0.1, 0.15) is 34.6 Å². The molecule has 0 fully saturated rings. The minimum absolute atomic E-state index is 0.291. The van der Waals surface area contributed by atoms with Crippen LogP contribution in [0.25, 0.3) is 72.1 Å². The van der Waals surface area contributed by atoms with E-state index in [1.807, 2.05) is 57.5 Å². The molecule has 0 radical (unpaired) electrons. The van der Waals surface area contributed by atoms with Crippen molar-refractivity contribution in [2.24, 2.45) is 0 Å². The third-order valence-electron chi connectivity index (χ3n) is 14.9. The lowest BCUT2D eigenvalue weighted by Crippen LogP contribution is -2.22. The Morgan fingerprint density at radius 2 is 0.733 bits per heavy atom. The molecule has 0 atom stereocenters. The van der Waals surface area contributed by atoms with Crippen LogP contribution in [0.4, 0.5) is 17.1 Å². The van der Waals surface area contributed by atoms with Gasteiger partial charge in [0.15, 0.2) is 0 Å². The van der Waals surface area contributed by atoms with Crippen LogP contribution >= 0.6 is 68.0 Å². The molecule has 0 saturated carbocycles. The number of allylic oxidation sites excluding steroid dienone is 4. The fourth-order valence-electron chi connectivity index (χ4n) is 11.1. The first kappa shape index (κ1) is 66.8. The van der Waals surface area contributed by atoms with E-state index in [9.17, 15) is 30.3 Å². The molecule has 6 heterocycles. The van der Waals surface area contributed by atoms with Crippen LogP contribution < -0.4 is 9.64 Å². The maximum atomic E-state index is 11.5. The second-order valence-corrected chi connectivity index (χ2v) is 29.6. The lowest BCUT2D eigenvalue weighted by Gasteiger charge is -2.27. The molecule has 0 spiro atoms. The van der Waals surface area contributed by atoms with E-state index < -0.39 is 11.9 Å². The van der Waals surface area contributed by atoms with Crippen LogP contribution in [0, 0.1) is 22.7 Å². The molecule has 0 unspecified atom stereocenters. The van der Waals surface area contributed by atoms with Crippen LogP contribution in [-0.4, -0.2) is 27.8 Å². The molecule has 90 heavy (non-hydrogen) atoms. The predicted octanol–water partition coefficient (Wildman–Crippen LogP) is 23.5. The topological polar surface area (TPSA) is 135 Å². The van der Waals surface area contributed by atoms with Crippen LogP contribution in [0.15, 0.2) is 145 Å². The van der Waals surface area contributed by atoms with Crippen molar-refractivity contribution in [2.75, 3.05) is 4.90 Å². The van der Waals surface area contributed by atoms with Crippen LogP contribution in [0.1, 0.15) is 144 Å². The van der Waals surface area contributed by atoms with E-state index in [-0.39, 0.29) is 16.7 Å². The molecular formula is C76H77N3O5S6. The zero-order chi connectivity index (χ0) is 64.1. The van der Waals surface area contributed by atoms with Crippen molar-refractivity contribution in [3.63, 3.8) is 0 Å². The Hall–Kier alpha value is -7.66. The molecule has 0 bridgehead atoms. The number of hydrogen-bond donors (Lipinski definition) is 2. The smallest absolute Gasteiger partial charge is 0.346 e. The summed E-state index contributed by atoms with van der Waals surface area (Å²) < 4.78 is 6.32. The van der Waals surface area contributed by atoms with Crippen molar-refractivity contribution in [1.82, 2.24) is 0 Å². The maximum absolute atomic E-state index is 11.5. The molecule has 0 saturated heterocycles. The predicted molar refractivity (Wildman–Crippen MR) is 386 cm³/mol. The van der Waals surface area contributed by atoms with Crippen molar-refractivity contribution in [3.05, 3.63) is 188 Å². The normalized spacial score (nSPS) is 12.1. The van der Waals surface area contributed by atoms with Crippen LogP contribution in [0.5, 0.6) is 5.75 Å². The van der Waals surface area contributed by atoms with Crippen molar-refractivity contribution >= 4 is 109 Å². The highest BCUT2D eigenvalue weighted by molar-refractivity contribution is 7.28. The average molecular weight is 1300 g/mol. The minimum atomic E-state index is -1.23. The summed E-state index contributed by atoms with van der Waals surface area (Å²) in [6.07, 6.45) is 21.8. The van der Waals surface area contributed by atoms with Crippen molar-refractivity contribution in [2.45, 2.75) is 145 Å². The zero-order valence-electron chi connectivity index (χ0n) is 52.8. The first-order valence-corrected chi connectivity index (χ1v) is 36.0. The molecule has 462 valence electrons. The number of benzene rings is 3. The first-order valence-electron chi connectivity index (χ1n) is 31.1. The van der Waals surface area contributed by atoms with Gasteiger partial charge in [-0.1, -0.05) is 116 Å². The van der Waals surface area contributed by atoms with Gasteiger partial charge in [-0.2, -0.15) is 10.5 Å². The van der Waals surface area contributed by atoms with Crippen LogP contribution in [-0.2, 0) is 48.1 Å². The Morgan fingerprint density at radius 3 is 1.03 bits per heavy atom. The highest BCUT2D eigenvalue weighted by Crippen LogP contribution is 2.51. The third-order valence-corrected chi connectivity index (χ3v) is 22.8. The Kier molecular flexibility index (Phi) is 22.9. The number of carboxylic acid groups (broad SMARTS) is 2. The van der Waals surface area contributed by atoms with Crippen molar-refractivity contribution < 1.29 is 24.5 Å². The Labute approximate surface area is 555 Å². The molecule has 3 aromatic carbocycles. The molecule has 0 amide bonds. The number of aliphatic carboxylic acids is 2. The summed E-state index contributed by atoms with van der Waals surface area (Å²) in [5.41, 5.74) is 12.6. The summed E-state index contributed by atoms with van der Waals surface area (Å²) in [6, 6.07) is 44.3. The minimum Gasteiger partial charge on any atom is -0.488 e. The molecule has 8 nitrogen and oxygen atoms in total. The SMILES string of the molecule is CCCc1cc(-c2sc(-c3sc(C=CC=C(C#N)C(=O)O)cc3CCC)cc2CCC)sc1-c1ccc(N(c2ccc(OC(C)(C)C)cc2)c2ccc(-c3sc(-c4sc(-c5sc(C=CC=C(C#N)C(=O)O)cc5CCC)cc4CCC)cc3CCC)cc2)cc1. The van der Waals surface area contributed by atoms with E-state index in [0.29, 0.717) is 0 Å². The first-order chi connectivity index (χ1) is 43.5. The van der Waals surface area contributed by atoms with E-state index >= 15 is 0 Å². The van der Waals surface area contributed by atoms with Gasteiger partial charge in [-0.25, -0.2) is 9.59 Å². The molecule has 0 aliphatic rings. The summed E-state index contributed by atoms with van der Waals surface area (Å²) >= 11 is 11.0. The van der Waals surface area contributed by atoms with Crippen LogP contribution in [0.3, 0.4) is 0 Å². The number of anilines is 3. The van der Waals surface area contributed by atoms with Gasteiger partial charge in [-0.15, -0.1) is 68.0 Å². The molecule has 9 aromatic rings. The molecule has 2 N–H and O–H groups in total. The molecule has 0 aliphatic carbocycles. The maximum Gasteiger partial charge on any atom is 0.346 e. The Balaban J connectivity index is 1.05. The molecule has 0 aliphatic heterocycles. The fraction of sp³-hybridized carbons (Fsp3) is 0.289. The summed E-state index contributed by atoms with van der Waals surface area (Å²) in [7, 11) is 0.